The smallest absolute Gasteiger partial charge is 0.325 e. The lowest BCUT2D eigenvalue weighted by Crippen LogP contribution is -1.99. The summed E-state index contributed by atoms with van der Waals surface area (Å²) < 4.78 is 4.41. The summed E-state index contributed by atoms with van der Waals surface area (Å²) in [7, 11) is 1.41. The van der Waals surface area contributed by atoms with Crippen LogP contribution in [0.25, 0.3) is 0 Å². The predicted molar refractivity (Wildman–Crippen MR) is 34.2 cm³/mol. The molecule has 0 atom stereocenters. The summed E-state index contributed by atoms with van der Waals surface area (Å²) in [6.07, 6.45) is 2.55. The van der Waals surface area contributed by atoms with Gasteiger partial charge in [-0.25, -0.2) is 0 Å². The molecule has 0 aliphatic heterocycles. The molecule has 8 heavy (non-hydrogen) atoms. The van der Waals surface area contributed by atoms with Crippen molar-refractivity contribution in [3.05, 3.63) is 0 Å². The van der Waals surface area contributed by atoms with E-state index in [0.29, 0.717) is 6.42 Å². The Kier molecular flexibility index (Phi) is 4.42. The molecule has 0 aliphatic rings. The molecule has 0 bridgehead atoms. The highest BCUT2D eigenvalue weighted by atomic mass is 16.5. The molecule has 0 saturated carbocycles. The summed E-state index contributed by atoms with van der Waals surface area (Å²) in [5.74, 6) is -0.105. The van der Waals surface area contributed by atoms with Crippen molar-refractivity contribution in [3.63, 3.8) is 0 Å². The molecule has 0 aromatic carbocycles. The van der Waals surface area contributed by atoms with Crippen molar-refractivity contribution in [2.24, 2.45) is 0 Å². The van der Waals surface area contributed by atoms with Crippen LogP contribution in [0.3, 0.4) is 0 Å². The molecule has 0 rings (SSSR count). The number of hydrogen-bond acceptors (Lipinski definition) is 2. The summed E-state index contributed by atoms with van der Waals surface area (Å²) >= 11 is 0. The third-order valence-corrected chi connectivity index (χ3v) is 0.962. The third kappa shape index (κ3) is 3.72. The van der Waals surface area contributed by atoms with Gasteiger partial charge in [0.15, 0.2) is 0 Å². The lowest BCUT2D eigenvalue weighted by Gasteiger charge is -1.94. The van der Waals surface area contributed by atoms with Gasteiger partial charge in [-0.05, 0) is 6.42 Å². The Bertz CT molecular complexity index is 72.8. The Morgan fingerprint density at radius 2 is 2.38 bits per heavy atom. The fraction of sp³-hybridized carbons (Fsp3) is 0.800. The van der Waals surface area contributed by atoms with E-state index in [4.69, 9.17) is 0 Å². The van der Waals surface area contributed by atoms with Gasteiger partial charge >= 0.3 is 8.05 Å². The lowest BCUT2D eigenvalue weighted by atomic mass is 10.2. The zero-order valence-corrected chi connectivity index (χ0v) is 5.44. The first-order chi connectivity index (χ1) is 3.81. The van der Waals surface area contributed by atoms with Gasteiger partial charge in [0.1, 0.15) is 0 Å². The number of hydrogen-bond donors (Lipinski definition) is 0. The average molecular weight is 114 g/mol. The fourth-order valence-corrected chi connectivity index (χ4v) is 0.423. The minimum absolute atomic E-state index is 0.105. The van der Waals surface area contributed by atoms with E-state index in [2.05, 4.69) is 4.65 Å². The van der Waals surface area contributed by atoms with Crippen molar-refractivity contribution < 1.29 is 9.45 Å². The van der Waals surface area contributed by atoms with Gasteiger partial charge in [0.05, 0.1) is 0 Å². The van der Waals surface area contributed by atoms with Crippen molar-refractivity contribution in [1.82, 2.24) is 0 Å². The van der Waals surface area contributed by atoms with Crippen LogP contribution in [-0.4, -0.2) is 14.0 Å². The maximum atomic E-state index is 10.3. The van der Waals surface area contributed by atoms with Crippen LogP contribution in [0.5, 0.6) is 0 Å². The molecule has 0 aliphatic carbocycles. The number of carbonyl (C=O) groups is 1. The van der Waals surface area contributed by atoms with Crippen molar-refractivity contribution in [1.29, 1.82) is 0 Å². The highest BCUT2D eigenvalue weighted by molar-refractivity contribution is 6.05. The van der Waals surface area contributed by atoms with Crippen molar-refractivity contribution in [3.8, 4) is 0 Å². The van der Waals surface area contributed by atoms with E-state index in [1.807, 2.05) is 6.92 Å². The van der Waals surface area contributed by atoms with Crippen LogP contribution in [0, 0.1) is 0 Å². The molecule has 46 valence electrons. The molecular weight excluding hydrogens is 103 g/mol. The topological polar surface area (TPSA) is 26.3 Å². The van der Waals surface area contributed by atoms with Gasteiger partial charge in [-0.2, -0.15) is 0 Å². The van der Waals surface area contributed by atoms with Crippen molar-refractivity contribution in [2.75, 3.05) is 0 Å². The number of rotatable bonds is 3. The first-order valence-electron chi connectivity index (χ1n) is 2.88. The molecule has 0 aromatic heterocycles. The summed E-state index contributed by atoms with van der Waals surface area (Å²) in [5.41, 5.74) is 0. The zero-order valence-electron chi connectivity index (χ0n) is 5.44. The van der Waals surface area contributed by atoms with Gasteiger partial charge < -0.3 is 4.65 Å². The van der Waals surface area contributed by atoms with Gasteiger partial charge in [0, 0.05) is 6.42 Å². The van der Waals surface area contributed by atoms with Gasteiger partial charge in [-0.15, -0.1) is 0 Å². The van der Waals surface area contributed by atoms with Crippen LogP contribution in [-0.2, 0) is 9.45 Å². The summed E-state index contributed by atoms with van der Waals surface area (Å²) in [5, 5.41) is 0. The van der Waals surface area contributed by atoms with Crippen LogP contribution in [0.1, 0.15) is 26.2 Å². The van der Waals surface area contributed by atoms with Gasteiger partial charge in [0.2, 0.25) is 0 Å². The first kappa shape index (κ1) is 7.53. The van der Waals surface area contributed by atoms with Gasteiger partial charge in [-0.3, -0.25) is 4.79 Å². The number of carbonyl (C=O) groups excluding carboxylic acids is 1. The quantitative estimate of drug-likeness (QED) is 0.492. The van der Waals surface area contributed by atoms with E-state index in [9.17, 15) is 4.79 Å². The average Bonchev–Trinajstić information content (AvgIpc) is 1.83. The fourth-order valence-electron chi connectivity index (χ4n) is 0.423. The van der Waals surface area contributed by atoms with E-state index < -0.39 is 0 Å². The minimum atomic E-state index is -0.105. The number of unbranched alkanes of at least 4 members (excludes halogenated alkanes) is 1. The molecule has 0 unspecified atom stereocenters. The monoisotopic (exact) mass is 114 g/mol. The van der Waals surface area contributed by atoms with E-state index in [-0.39, 0.29) is 5.97 Å². The second kappa shape index (κ2) is 4.69. The van der Waals surface area contributed by atoms with E-state index in [1.54, 1.807) is 0 Å². The second-order valence-electron chi connectivity index (χ2n) is 1.68. The van der Waals surface area contributed by atoms with E-state index in [0.717, 1.165) is 12.8 Å². The Hall–Kier alpha value is -0.465. The molecule has 0 heterocycles. The molecule has 0 fully saturated rings. The molecule has 0 amide bonds. The summed E-state index contributed by atoms with van der Waals surface area (Å²) in [4.78, 5) is 10.3. The largest absolute Gasteiger partial charge is 0.543 e. The summed E-state index contributed by atoms with van der Waals surface area (Å²) in [6.45, 7) is 2.04. The lowest BCUT2D eigenvalue weighted by molar-refractivity contribution is -0.134. The van der Waals surface area contributed by atoms with Gasteiger partial charge in [0.25, 0.3) is 5.97 Å². The Balaban J connectivity index is 2.99. The predicted octanol–water partition coefficient (Wildman–Crippen LogP) is 0.268. The van der Waals surface area contributed by atoms with Crippen molar-refractivity contribution >= 4 is 14.0 Å². The Morgan fingerprint density at radius 1 is 1.75 bits per heavy atom. The molecule has 0 aromatic rings. The second-order valence-corrected chi connectivity index (χ2v) is 1.68. The van der Waals surface area contributed by atoms with Crippen LogP contribution >= 0.6 is 0 Å². The van der Waals surface area contributed by atoms with E-state index in [1.165, 1.54) is 8.05 Å². The molecule has 2 nitrogen and oxygen atoms in total. The maximum Gasteiger partial charge on any atom is 0.325 e. The van der Waals surface area contributed by atoms with Crippen LogP contribution < -0.4 is 0 Å². The third-order valence-electron chi connectivity index (χ3n) is 0.962. The summed E-state index contributed by atoms with van der Waals surface area (Å²) in [6, 6.07) is 0. The minimum Gasteiger partial charge on any atom is -0.543 e. The Morgan fingerprint density at radius 3 is 2.75 bits per heavy atom. The molecular formula is C5H11BO2. The van der Waals surface area contributed by atoms with Crippen LogP contribution in [0.4, 0.5) is 0 Å². The van der Waals surface area contributed by atoms with Gasteiger partial charge in [-0.1, -0.05) is 13.3 Å². The highest BCUT2D eigenvalue weighted by Crippen LogP contribution is 1.93. The molecule has 0 spiro atoms. The molecule has 0 radical (unpaired) electrons. The van der Waals surface area contributed by atoms with E-state index >= 15 is 0 Å². The van der Waals surface area contributed by atoms with Crippen molar-refractivity contribution in [2.45, 2.75) is 26.2 Å². The standard InChI is InChI=1S/C5H11BO2/c1-2-3-4-5(7)8-6/h2-4,6H2,1H3. The first-order valence-corrected chi connectivity index (χ1v) is 2.88. The SMILES string of the molecule is BOC(=O)CCCC. The highest BCUT2D eigenvalue weighted by Gasteiger charge is 1.94. The molecule has 3 heteroatoms. The maximum absolute atomic E-state index is 10.3. The molecule has 0 N–H and O–H groups in total. The van der Waals surface area contributed by atoms with Crippen LogP contribution in [0.2, 0.25) is 0 Å². The van der Waals surface area contributed by atoms with Crippen LogP contribution in [0.15, 0.2) is 0 Å². The normalized spacial score (nSPS) is 8.62. The zero-order chi connectivity index (χ0) is 6.41. The molecule has 0 saturated heterocycles. The Labute approximate surface area is 50.7 Å².